The molecule has 0 aliphatic rings. The van der Waals surface area contributed by atoms with Gasteiger partial charge >= 0.3 is 41.5 Å². The average molecular weight is 381 g/mol. The van der Waals surface area contributed by atoms with E-state index in [1.54, 1.807) is 0 Å². The molecule has 0 saturated heterocycles. The van der Waals surface area contributed by atoms with Gasteiger partial charge in [0, 0.05) is 0 Å². The van der Waals surface area contributed by atoms with Gasteiger partial charge in [-0.25, -0.2) is 0 Å². The first-order chi connectivity index (χ1) is 12.0. The summed E-state index contributed by atoms with van der Waals surface area (Å²) < 4.78 is 0. The minimum atomic E-state index is -1.25. The third-order valence-corrected chi connectivity index (χ3v) is 5.10. The Morgan fingerprint density at radius 1 is 0.654 bits per heavy atom. The number of rotatable bonds is 18. The van der Waals surface area contributed by atoms with Gasteiger partial charge in [0.15, 0.2) is 5.92 Å². The molecule has 0 radical (unpaired) electrons. The van der Waals surface area contributed by atoms with Crippen LogP contribution in [0.15, 0.2) is 0 Å². The summed E-state index contributed by atoms with van der Waals surface area (Å²) in [6.45, 7) is 4.35. The Labute approximate surface area is 182 Å². The van der Waals surface area contributed by atoms with Crippen LogP contribution in [0.2, 0.25) is 0 Å². The third kappa shape index (κ3) is 16.1. The molecule has 0 spiro atoms. The Balaban J connectivity index is 0. The van der Waals surface area contributed by atoms with Gasteiger partial charge in [-0.2, -0.15) is 0 Å². The Kier molecular flexibility index (Phi) is 21.3. The summed E-state index contributed by atoms with van der Waals surface area (Å²) >= 11 is 0. The van der Waals surface area contributed by atoms with Crippen LogP contribution in [0.3, 0.4) is 0 Å². The molecule has 0 aromatic rings. The van der Waals surface area contributed by atoms with E-state index in [-0.39, 0.29) is 41.9 Å². The van der Waals surface area contributed by atoms with Crippen molar-refractivity contribution in [1.29, 1.82) is 0 Å². The molecule has 4 nitrogen and oxygen atoms in total. The van der Waals surface area contributed by atoms with E-state index in [0.717, 1.165) is 32.1 Å². The molecule has 0 bridgehead atoms. The summed E-state index contributed by atoms with van der Waals surface area (Å²) in [7, 11) is 0. The van der Waals surface area contributed by atoms with E-state index in [4.69, 9.17) is 10.2 Å². The summed E-state index contributed by atoms with van der Waals surface area (Å²) in [5, 5.41) is 18.2. The standard InChI is InChI=1S/C21H40O4.Na.H/c1-3-5-7-8-9-10-11-12-13-14-16-18(15-6-4-2)17-19(20(22)23)21(24)25;;/h18-19H,3-17H2,1-2H3,(H,22,23)(H,24,25);;. The van der Waals surface area contributed by atoms with Crippen molar-refractivity contribution < 1.29 is 19.8 Å². The van der Waals surface area contributed by atoms with E-state index in [0.29, 0.717) is 0 Å². The zero-order chi connectivity index (χ0) is 18.9. The molecule has 0 aliphatic heterocycles. The fourth-order valence-electron chi connectivity index (χ4n) is 3.43. The second-order valence-electron chi connectivity index (χ2n) is 7.44. The number of carbonyl (C=O) groups is 2. The van der Waals surface area contributed by atoms with Gasteiger partial charge in [0.25, 0.3) is 0 Å². The zero-order valence-corrected chi connectivity index (χ0v) is 16.5. The number of unbranched alkanes of at least 4 members (excludes halogenated alkanes) is 10. The van der Waals surface area contributed by atoms with E-state index in [1.807, 2.05) is 0 Å². The molecular formula is C21H41NaO4. The predicted molar refractivity (Wildman–Crippen MR) is 110 cm³/mol. The van der Waals surface area contributed by atoms with E-state index >= 15 is 0 Å². The van der Waals surface area contributed by atoms with Gasteiger partial charge in [0.2, 0.25) is 0 Å². The van der Waals surface area contributed by atoms with Gasteiger partial charge in [-0.05, 0) is 12.3 Å². The molecule has 0 aromatic heterocycles. The van der Waals surface area contributed by atoms with Gasteiger partial charge < -0.3 is 10.2 Å². The number of carboxylic acids is 2. The van der Waals surface area contributed by atoms with E-state index in [1.165, 1.54) is 57.8 Å². The molecule has 150 valence electrons. The van der Waals surface area contributed by atoms with Crippen molar-refractivity contribution in [2.24, 2.45) is 11.8 Å². The van der Waals surface area contributed by atoms with Gasteiger partial charge in [-0.1, -0.05) is 104 Å². The molecule has 1 atom stereocenters. The van der Waals surface area contributed by atoms with Crippen LogP contribution < -0.4 is 0 Å². The fourth-order valence-corrected chi connectivity index (χ4v) is 3.43. The van der Waals surface area contributed by atoms with Crippen molar-refractivity contribution in [3.63, 3.8) is 0 Å². The van der Waals surface area contributed by atoms with Gasteiger partial charge in [-0.15, -0.1) is 0 Å². The van der Waals surface area contributed by atoms with Crippen LogP contribution >= 0.6 is 0 Å². The van der Waals surface area contributed by atoms with Gasteiger partial charge in [-0.3, -0.25) is 9.59 Å². The second-order valence-corrected chi connectivity index (χ2v) is 7.44. The quantitative estimate of drug-likeness (QED) is 0.183. The molecule has 5 heteroatoms. The van der Waals surface area contributed by atoms with E-state index in [2.05, 4.69) is 13.8 Å². The molecule has 0 heterocycles. The van der Waals surface area contributed by atoms with E-state index < -0.39 is 17.9 Å². The molecule has 1 unspecified atom stereocenters. The first-order valence-corrected chi connectivity index (χ1v) is 10.5. The fraction of sp³-hybridized carbons (Fsp3) is 0.905. The summed E-state index contributed by atoms with van der Waals surface area (Å²) in [6.07, 6.45) is 17.2. The number of carboxylic acid groups (broad SMARTS) is 2. The molecule has 0 amide bonds. The van der Waals surface area contributed by atoms with Crippen LogP contribution in [0.25, 0.3) is 0 Å². The molecule has 0 rings (SSSR count). The van der Waals surface area contributed by atoms with Crippen molar-refractivity contribution in [3.8, 4) is 0 Å². The predicted octanol–water partition coefficient (Wildman–Crippen LogP) is 5.63. The Morgan fingerprint density at radius 3 is 1.46 bits per heavy atom. The number of aliphatic carboxylic acids is 2. The summed E-state index contributed by atoms with van der Waals surface area (Å²) in [6, 6.07) is 0. The van der Waals surface area contributed by atoms with Crippen molar-refractivity contribution >= 4 is 41.5 Å². The van der Waals surface area contributed by atoms with Gasteiger partial charge in [0.1, 0.15) is 0 Å². The SMILES string of the molecule is CCCCCCCCCCCCC(CCCC)CC(C(=O)O)C(=O)O.[NaH]. The normalized spacial score (nSPS) is 12.0. The summed E-state index contributed by atoms with van der Waals surface area (Å²) in [5.41, 5.74) is 0. The molecule has 26 heavy (non-hydrogen) atoms. The first-order valence-electron chi connectivity index (χ1n) is 10.5. The maximum absolute atomic E-state index is 11.1. The van der Waals surface area contributed by atoms with Crippen LogP contribution in [0, 0.1) is 11.8 Å². The van der Waals surface area contributed by atoms with E-state index in [9.17, 15) is 9.59 Å². The zero-order valence-electron chi connectivity index (χ0n) is 16.5. The van der Waals surface area contributed by atoms with Crippen molar-refractivity contribution in [1.82, 2.24) is 0 Å². The van der Waals surface area contributed by atoms with Crippen molar-refractivity contribution in [2.75, 3.05) is 0 Å². The van der Waals surface area contributed by atoms with Crippen LogP contribution in [-0.4, -0.2) is 51.7 Å². The van der Waals surface area contributed by atoms with Crippen LogP contribution in [0.5, 0.6) is 0 Å². The van der Waals surface area contributed by atoms with Crippen LogP contribution in [-0.2, 0) is 9.59 Å². The summed E-state index contributed by atoms with van der Waals surface area (Å²) in [5.74, 6) is -3.41. The van der Waals surface area contributed by atoms with Crippen LogP contribution in [0.1, 0.15) is 110 Å². The Hall–Kier alpha value is -0.0600. The Bertz CT molecular complexity index is 333. The third-order valence-electron chi connectivity index (χ3n) is 5.10. The number of hydrogen-bond donors (Lipinski definition) is 2. The molecular weight excluding hydrogens is 339 g/mol. The Morgan fingerprint density at radius 2 is 1.04 bits per heavy atom. The topological polar surface area (TPSA) is 74.6 Å². The first kappa shape index (κ1) is 28.2. The van der Waals surface area contributed by atoms with Gasteiger partial charge in [0.05, 0.1) is 0 Å². The average Bonchev–Trinajstić information content (AvgIpc) is 2.57. The molecule has 0 saturated carbocycles. The van der Waals surface area contributed by atoms with Crippen molar-refractivity contribution in [2.45, 2.75) is 110 Å². The monoisotopic (exact) mass is 380 g/mol. The molecule has 0 aromatic carbocycles. The molecule has 0 fully saturated rings. The van der Waals surface area contributed by atoms with Crippen LogP contribution in [0.4, 0.5) is 0 Å². The maximum atomic E-state index is 11.1. The summed E-state index contributed by atoms with van der Waals surface area (Å²) in [4.78, 5) is 22.2. The molecule has 2 N–H and O–H groups in total. The number of hydrogen-bond acceptors (Lipinski definition) is 2. The molecule has 0 aliphatic carbocycles. The van der Waals surface area contributed by atoms with Crippen molar-refractivity contribution in [3.05, 3.63) is 0 Å². The second kappa shape index (κ2) is 19.7. The minimum absolute atomic E-state index is 0.